The van der Waals surface area contributed by atoms with Crippen LogP contribution in [0.5, 0.6) is 0 Å². The molecule has 1 saturated heterocycles. The molecular weight excluding hydrogens is 390 g/mol. The van der Waals surface area contributed by atoms with Gasteiger partial charge in [0.1, 0.15) is 0 Å². The average molecular weight is 411 g/mol. The molecule has 6 rings (SSSR count). The first-order valence-corrected chi connectivity index (χ1v) is 10.7. The molecular formula is C25H21N3O3. The van der Waals surface area contributed by atoms with E-state index in [0.717, 1.165) is 30.2 Å². The highest BCUT2D eigenvalue weighted by Crippen LogP contribution is 2.56. The Labute approximate surface area is 179 Å². The van der Waals surface area contributed by atoms with Gasteiger partial charge in [0.15, 0.2) is 0 Å². The van der Waals surface area contributed by atoms with Crippen LogP contribution in [0.4, 0.5) is 11.4 Å². The molecule has 3 aliphatic rings. The van der Waals surface area contributed by atoms with E-state index in [0.29, 0.717) is 28.8 Å². The van der Waals surface area contributed by atoms with E-state index < -0.39 is 0 Å². The first kappa shape index (κ1) is 18.2. The number of amides is 3. The molecule has 2 bridgehead atoms. The zero-order valence-corrected chi connectivity index (χ0v) is 16.8. The van der Waals surface area contributed by atoms with Crippen molar-refractivity contribution >= 4 is 40.0 Å². The van der Waals surface area contributed by atoms with Gasteiger partial charge in [0.2, 0.25) is 11.8 Å². The molecule has 3 fully saturated rings. The predicted octanol–water partition coefficient (Wildman–Crippen LogP) is 4.02. The predicted molar refractivity (Wildman–Crippen MR) is 116 cm³/mol. The molecule has 1 aliphatic heterocycles. The van der Waals surface area contributed by atoms with Crippen LogP contribution in [0.25, 0.3) is 10.9 Å². The molecule has 0 radical (unpaired) electrons. The van der Waals surface area contributed by atoms with E-state index in [-0.39, 0.29) is 29.6 Å². The minimum atomic E-state index is -0.265. The second-order valence-corrected chi connectivity index (χ2v) is 8.78. The fraction of sp³-hybridized carbons (Fsp3) is 0.280. The van der Waals surface area contributed by atoms with Gasteiger partial charge in [-0.05, 0) is 67.5 Å². The number of anilines is 2. The molecule has 1 aromatic heterocycles. The van der Waals surface area contributed by atoms with Crippen molar-refractivity contribution in [3.8, 4) is 0 Å². The summed E-state index contributed by atoms with van der Waals surface area (Å²) in [7, 11) is 0. The summed E-state index contributed by atoms with van der Waals surface area (Å²) in [5.74, 6) is 0.0222. The largest absolute Gasteiger partial charge is 0.320 e. The van der Waals surface area contributed by atoms with E-state index in [1.165, 1.54) is 4.90 Å². The lowest BCUT2D eigenvalue weighted by Gasteiger charge is -2.19. The summed E-state index contributed by atoms with van der Waals surface area (Å²) in [6.07, 6.45) is 4.82. The number of carbonyl (C=O) groups excluding carboxylic acids is 3. The second kappa shape index (κ2) is 6.74. The van der Waals surface area contributed by atoms with Crippen LogP contribution in [-0.4, -0.2) is 22.7 Å². The van der Waals surface area contributed by atoms with E-state index in [2.05, 4.69) is 10.3 Å². The van der Waals surface area contributed by atoms with Crippen LogP contribution >= 0.6 is 0 Å². The topological polar surface area (TPSA) is 79.4 Å². The molecule has 2 aromatic carbocycles. The Bertz CT molecular complexity index is 1200. The van der Waals surface area contributed by atoms with Crippen LogP contribution in [0.3, 0.4) is 0 Å². The second-order valence-electron chi connectivity index (χ2n) is 8.78. The number of hydrogen-bond acceptors (Lipinski definition) is 4. The molecule has 3 amide bonds. The molecule has 6 heteroatoms. The van der Waals surface area contributed by atoms with Crippen molar-refractivity contribution in [1.82, 2.24) is 4.98 Å². The quantitative estimate of drug-likeness (QED) is 0.660. The minimum Gasteiger partial charge on any atom is -0.320 e. The van der Waals surface area contributed by atoms with Crippen molar-refractivity contribution in [2.45, 2.75) is 19.3 Å². The van der Waals surface area contributed by atoms with Crippen molar-refractivity contribution in [2.24, 2.45) is 23.7 Å². The highest BCUT2D eigenvalue weighted by Gasteiger charge is 2.61. The number of carbonyl (C=O) groups is 3. The van der Waals surface area contributed by atoms with E-state index in [4.69, 9.17) is 0 Å². The number of pyridine rings is 1. The standard InChI is InChI=1S/C25H21N3O3/c29-23(27-19-5-1-3-14-4-2-12-26-22(14)19)15-8-10-18(11-9-15)28-24(30)20-16-6-7-17(13-16)21(20)25(28)31/h1-5,8-12,16-17,20-21H,6-7,13H2,(H,27,29)/t16-,17?,20+,21-/m1/s1. The fourth-order valence-corrected chi connectivity index (χ4v) is 5.82. The molecule has 1 unspecified atom stereocenters. The smallest absolute Gasteiger partial charge is 0.255 e. The highest BCUT2D eigenvalue weighted by molar-refractivity contribution is 6.22. The lowest BCUT2D eigenvalue weighted by atomic mass is 9.81. The highest BCUT2D eigenvalue weighted by atomic mass is 16.2. The van der Waals surface area contributed by atoms with Crippen molar-refractivity contribution < 1.29 is 14.4 Å². The Morgan fingerprint density at radius 3 is 2.29 bits per heavy atom. The van der Waals surface area contributed by atoms with Crippen LogP contribution in [0.1, 0.15) is 29.6 Å². The molecule has 1 N–H and O–H groups in total. The lowest BCUT2D eigenvalue weighted by molar-refractivity contribution is -0.123. The summed E-state index contributed by atoms with van der Waals surface area (Å²) in [5.41, 5.74) is 2.37. The number of nitrogens with zero attached hydrogens (tertiary/aromatic N) is 2. The normalized spacial score (nSPS) is 26.5. The van der Waals surface area contributed by atoms with Gasteiger partial charge in [-0.1, -0.05) is 18.2 Å². The lowest BCUT2D eigenvalue weighted by Crippen LogP contribution is -2.32. The summed E-state index contributed by atoms with van der Waals surface area (Å²) in [5, 5.41) is 3.86. The molecule has 31 heavy (non-hydrogen) atoms. The van der Waals surface area contributed by atoms with Gasteiger partial charge >= 0.3 is 0 Å². The van der Waals surface area contributed by atoms with E-state index in [9.17, 15) is 14.4 Å². The maximum absolute atomic E-state index is 13.0. The molecule has 2 heterocycles. The molecule has 0 spiro atoms. The number of hydrogen-bond donors (Lipinski definition) is 1. The average Bonchev–Trinajstić information content (AvgIpc) is 3.48. The maximum atomic E-state index is 13.0. The van der Waals surface area contributed by atoms with Crippen molar-refractivity contribution in [2.75, 3.05) is 10.2 Å². The third-order valence-electron chi connectivity index (χ3n) is 7.20. The van der Waals surface area contributed by atoms with Gasteiger partial charge in [0.25, 0.3) is 5.91 Å². The van der Waals surface area contributed by atoms with E-state index in [1.54, 1.807) is 30.5 Å². The first-order valence-electron chi connectivity index (χ1n) is 10.7. The first-order chi connectivity index (χ1) is 15.1. The maximum Gasteiger partial charge on any atom is 0.255 e. The molecule has 2 saturated carbocycles. The van der Waals surface area contributed by atoms with Crippen molar-refractivity contribution in [1.29, 1.82) is 0 Å². The summed E-state index contributed by atoms with van der Waals surface area (Å²) in [6.45, 7) is 0. The van der Waals surface area contributed by atoms with Gasteiger partial charge in [-0.25, -0.2) is 0 Å². The Morgan fingerprint density at radius 1 is 0.903 bits per heavy atom. The summed E-state index contributed by atoms with van der Waals surface area (Å²) in [6, 6.07) is 16.1. The van der Waals surface area contributed by atoms with Gasteiger partial charge in [0, 0.05) is 17.1 Å². The van der Waals surface area contributed by atoms with E-state index >= 15 is 0 Å². The van der Waals surface area contributed by atoms with Gasteiger partial charge < -0.3 is 5.32 Å². The number of fused-ring (bicyclic) bond motifs is 6. The fourth-order valence-electron chi connectivity index (χ4n) is 5.82. The number of imide groups is 1. The Kier molecular flexibility index (Phi) is 3.96. The van der Waals surface area contributed by atoms with Crippen LogP contribution in [0.2, 0.25) is 0 Å². The van der Waals surface area contributed by atoms with Crippen molar-refractivity contribution in [3.63, 3.8) is 0 Å². The number of para-hydroxylation sites is 1. The van der Waals surface area contributed by atoms with Crippen LogP contribution in [-0.2, 0) is 9.59 Å². The SMILES string of the molecule is O=C(Nc1cccc2cccnc12)c1ccc(N2C(=O)[C@H]3[C@@H]4CCC(C4)[C@H]3C2=O)cc1. The summed E-state index contributed by atoms with van der Waals surface area (Å²) in [4.78, 5) is 44.5. The van der Waals surface area contributed by atoms with Gasteiger partial charge in [-0.3, -0.25) is 24.3 Å². The number of nitrogens with one attached hydrogen (secondary N) is 1. The van der Waals surface area contributed by atoms with E-state index in [1.807, 2.05) is 30.3 Å². The van der Waals surface area contributed by atoms with Gasteiger partial charge in [-0.2, -0.15) is 0 Å². The number of aromatic nitrogens is 1. The zero-order valence-electron chi connectivity index (χ0n) is 16.8. The molecule has 2 aliphatic carbocycles. The van der Waals surface area contributed by atoms with Crippen LogP contribution in [0, 0.1) is 23.7 Å². The van der Waals surface area contributed by atoms with Crippen LogP contribution in [0.15, 0.2) is 60.8 Å². The molecule has 154 valence electrons. The van der Waals surface area contributed by atoms with Gasteiger partial charge in [0.05, 0.1) is 28.7 Å². The Balaban J connectivity index is 1.24. The monoisotopic (exact) mass is 411 g/mol. The third kappa shape index (κ3) is 2.71. The number of benzene rings is 2. The summed E-state index contributed by atoms with van der Waals surface area (Å²) >= 11 is 0. The molecule has 6 nitrogen and oxygen atoms in total. The zero-order chi connectivity index (χ0) is 21.1. The third-order valence-corrected chi connectivity index (χ3v) is 7.20. The Morgan fingerprint density at radius 2 is 1.58 bits per heavy atom. The van der Waals surface area contributed by atoms with Crippen molar-refractivity contribution in [3.05, 3.63) is 66.4 Å². The summed E-state index contributed by atoms with van der Waals surface area (Å²) < 4.78 is 0. The number of rotatable bonds is 3. The Hall–Kier alpha value is -3.54. The molecule has 3 aromatic rings. The minimum absolute atomic E-state index is 0.0683. The van der Waals surface area contributed by atoms with Gasteiger partial charge in [-0.15, -0.1) is 0 Å². The molecule has 4 atom stereocenters. The van der Waals surface area contributed by atoms with Crippen LogP contribution < -0.4 is 10.2 Å².